The summed E-state index contributed by atoms with van der Waals surface area (Å²) in [5, 5.41) is 3.17. The van der Waals surface area contributed by atoms with Gasteiger partial charge in [-0.05, 0) is 41.3 Å². The van der Waals surface area contributed by atoms with Gasteiger partial charge in [0.1, 0.15) is 5.82 Å². The molecule has 1 fully saturated rings. The highest BCUT2D eigenvalue weighted by Crippen LogP contribution is 2.23. The molecule has 0 aromatic heterocycles. The van der Waals surface area contributed by atoms with Crippen LogP contribution in [-0.4, -0.2) is 43.7 Å². The predicted molar refractivity (Wildman–Crippen MR) is 128 cm³/mol. The molecule has 2 aromatic carbocycles. The minimum atomic E-state index is -0.240. The highest BCUT2D eigenvalue weighted by molar-refractivity contribution is 14.0. The number of nitrogens with zero attached hydrogens (tertiary/aromatic N) is 2. The Hall–Kier alpha value is -1.71. The largest absolute Gasteiger partial charge is 0.379 e. The number of guanidine groups is 1. The molecule has 29 heavy (non-hydrogen) atoms. The zero-order valence-electron chi connectivity index (χ0n) is 17.0. The second-order valence-corrected chi connectivity index (χ2v) is 7.35. The summed E-state index contributed by atoms with van der Waals surface area (Å²) < 4.78 is 19.2. The van der Waals surface area contributed by atoms with E-state index in [0.717, 1.165) is 24.3 Å². The van der Waals surface area contributed by atoms with E-state index in [4.69, 9.17) is 10.5 Å². The first-order valence-corrected chi connectivity index (χ1v) is 9.77. The summed E-state index contributed by atoms with van der Waals surface area (Å²) in [5.74, 6) is 0.561. The van der Waals surface area contributed by atoms with Crippen LogP contribution >= 0.6 is 24.0 Å². The molecule has 2 aromatic rings. The number of benzene rings is 2. The number of nitrogens with two attached hydrogens (primary N) is 1. The Balaban J connectivity index is 0.00000300. The van der Waals surface area contributed by atoms with Crippen LogP contribution in [-0.2, 0) is 4.74 Å². The van der Waals surface area contributed by atoms with Crippen molar-refractivity contribution in [3.8, 4) is 0 Å². The number of hydrogen-bond donors (Lipinski definition) is 2. The van der Waals surface area contributed by atoms with Crippen LogP contribution in [0, 0.1) is 5.82 Å². The second kappa shape index (κ2) is 11.5. The molecule has 158 valence electrons. The first-order valence-electron chi connectivity index (χ1n) is 9.77. The molecular weight excluding hydrogens is 482 g/mol. The minimum absolute atomic E-state index is 0. The Labute approximate surface area is 189 Å². The predicted octanol–water partition coefficient (Wildman–Crippen LogP) is 4.37. The van der Waals surface area contributed by atoms with E-state index in [1.165, 1.54) is 11.6 Å². The van der Waals surface area contributed by atoms with Gasteiger partial charge in [0.25, 0.3) is 0 Å². The number of hydrogen-bond acceptors (Lipinski definition) is 3. The van der Waals surface area contributed by atoms with Crippen molar-refractivity contribution in [3.05, 3.63) is 65.5 Å². The van der Waals surface area contributed by atoms with Crippen molar-refractivity contribution in [2.45, 2.75) is 25.8 Å². The van der Waals surface area contributed by atoms with Crippen molar-refractivity contribution in [1.29, 1.82) is 0 Å². The van der Waals surface area contributed by atoms with Gasteiger partial charge in [-0.2, -0.15) is 0 Å². The average molecular weight is 512 g/mol. The molecule has 1 aliphatic rings. The van der Waals surface area contributed by atoms with E-state index in [9.17, 15) is 4.39 Å². The summed E-state index contributed by atoms with van der Waals surface area (Å²) >= 11 is 0. The fourth-order valence-corrected chi connectivity index (χ4v) is 3.38. The van der Waals surface area contributed by atoms with Crippen molar-refractivity contribution >= 4 is 35.6 Å². The third-order valence-electron chi connectivity index (χ3n) is 4.98. The third-order valence-corrected chi connectivity index (χ3v) is 4.98. The lowest BCUT2D eigenvalue weighted by molar-refractivity contribution is 0.0179. The molecule has 0 radical (unpaired) electrons. The lowest BCUT2D eigenvalue weighted by Gasteiger charge is -2.34. The average Bonchev–Trinajstić information content (AvgIpc) is 2.69. The van der Waals surface area contributed by atoms with E-state index in [0.29, 0.717) is 31.6 Å². The van der Waals surface area contributed by atoms with Crippen molar-refractivity contribution in [3.63, 3.8) is 0 Å². The van der Waals surface area contributed by atoms with Crippen molar-refractivity contribution in [2.75, 3.05) is 38.2 Å². The summed E-state index contributed by atoms with van der Waals surface area (Å²) in [6.45, 7) is 7.69. The SMILES string of the molecule is CC(C)c1cccc(NC(N)=NCC(c2cccc(F)c2)N2CCOCC2)c1.I. The molecule has 1 heterocycles. The van der Waals surface area contributed by atoms with Gasteiger partial charge in [-0.25, -0.2) is 4.39 Å². The quantitative estimate of drug-likeness (QED) is 0.343. The molecule has 3 rings (SSSR count). The molecular formula is C22H30FIN4O. The first kappa shape index (κ1) is 23.6. The van der Waals surface area contributed by atoms with Gasteiger partial charge in [-0.15, -0.1) is 24.0 Å². The van der Waals surface area contributed by atoms with Gasteiger partial charge < -0.3 is 15.8 Å². The van der Waals surface area contributed by atoms with E-state index in [-0.39, 0.29) is 35.8 Å². The van der Waals surface area contributed by atoms with Crippen LogP contribution in [0.5, 0.6) is 0 Å². The van der Waals surface area contributed by atoms with Gasteiger partial charge in [0, 0.05) is 18.8 Å². The van der Waals surface area contributed by atoms with Gasteiger partial charge >= 0.3 is 0 Å². The summed E-state index contributed by atoms with van der Waals surface area (Å²) in [4.78, 5) is 6.83. The summed E-state index contributed by atoms with van der Waals surface area (Å²) in [6.07, 6.45) is 0. The van der Waals surface area contributed by atoms with Gasteiger partial charge in [-0.1, -0.05) is 38.1 Å². The molecule has 0 saturated carbocycles. The highest BCUT2D eigenvalue weighted by Gasteiger charge is 2.22. The topological polar surface area (TPSA) is 62.9 Å². The highest BCUT2D eigenvalue weighted by atomic mass is 127. The fraction of sp³-hybridized carbons (Fsp3) is 0.409. The van der Waals surface area contributed by atoms with Crippen LogP contribution in [0.4, 0.5) is 10.1 Å². The Morgan fingerprint density at radius 2 is 1.83 bits per heavy atom. The fourth-order valence-electron chi connectivity index (χ4n) is 3.38. The number of anilines is 1. The number of ether oxygens (including phenoxy) is 1. The molecule has 0 amide bonds. The molecule has 3 N–H and O–H groups in total. The summed E-state index contributed by atoms with van der Waals surface area (Å²) in [5.41, 5.74) is 9.20. The van der Waals surface area contributed by atoms with Crippen LogP contribution in [0.15, 0.2) is 53.5 Å². The normalized spacial score (nSPS) is 16.3. The maximum Gasteiger partial charge on any atom is 0.193 e. The molecule has 1 aliphatic heterocycles. The zero-order valence-corrected chi connectivity index (χ0v) is 19.3. The van der Waals surface area contributed by atoms with Crippen molar-refractivity contribution < 1.29 is 9.13 Å². The van der Waals surface area contributed by atoms with Crippen LogP contribution < -0.4 is 11.1 Å². The Bertz CT molecular complexity index is 809. The maximum atomic E-state index is 13.8. The number of rotatable bonds is 6. The monoisotopic (exact) mass is 512 g/mol. The molecule has 0 bridgehead atoms. The van der Waals surface area contributed by atoms with E-state index in [1.807, 2.05) is 18.2 Å². The molecule has 7 heteroatoms. The van der Waals surface area contributed by atoms with Crippen LogP contribution in [0.2, 0.25) is 0 Å². The van der Waals surface area contributed by atoms with E-state index < -0.39 is 0 Å². The standard InChI is InChI=1S/C22H29FN4O.HI/c1-16(2)17-5-4-8-20(14-17)26-22(24)25-15-21(27-9-11-28-12-10-27)18-6-3-7-19(23)13-18;/h3-8,13-14,16,21H,9-12,15H2,1-2H3,(H3,24,25,26);1H. The second-order valence-electron chi connectivity index (χ2n) is 7.35. The van der Waals surface area contributed by atoms with E-state index in [1.54, 1.807) is 12.1 Å². The smallest absolute Gasteiger partial charge is 0.193 e. The maximum absolute atomic E-state index is 13.8. The molecule has 0 aliphatic carbocycles. The lowest BCUT2D eigenvalue weighted by atomic mass is 10.0. The molecule has 0 spiro atoms. The molecule has 1 atom stereocenters. The third kappa shape index (κ3) is 6.94. The van der Waals surface area contributed by atoms with Gasteiger partial charge in [0.2, 0.25) is 0 Å². The van der Waals surface area contributed by atoms with Gasteiger partial charge in [0.15, 0.2) is 5.96 Å². The van der Waals surface area contributed by atoms with Gasteiger partial charge in [0.05, 0.1) is 25.8 Å². The van der Waals surface area contributed by atoms with Crippen LogP contribution in [0.25, 0.3) is 0 Å². The summed E-state index contributed by atoms with van der Waals surface area (Å²) in [6, 6.07) is 14.8. The van der Waals surface area contributed by atoms with Crippen LogP contribution in [0.1, 0.15) is 36.9 Å². The molecule has 1 unspecified atom stereocenters. The first-order chi connectivity index (χ1) is 13.5. The molecule has 5 nitrogen and oxygen atoms in total. The Morgan fingerprint density at radius 1 is 1.14 bits per heavy atom. The van der Waals surface area contributed by atoms with Crippen molar-refractivity contribution in [2.24, 2.45) is 10.7 Å². The van der Waals surface area contributed by atoms with Crippen molar-refractivity contribution in [1.82, 2.24) is 4.90 Å². The number of nitrogens with one attached hydrogen (secondary N) is 1. The number of aliphatic imine (C=N–C) groups is 1. The van der Waals surface area contributed by atoms with Crippen LogP contribution in [0.3, 0.4) is 0 Å². The van der Waals surface area contributed by atoms with E-state index >= 15 is 0 Å². The number of halogens is 2. The summed E-state index contributed by atoms with van der Waals surface area (Å²) in [7, 11) is 0. The Kier molecular flexibility index (Phi) is 9.32. The number of morpholine rings is 1. The lowest BCUT2D eigenvalue weighted by Crippen LogP contribution is -2.40. The Morgan fingerprint density at radius 3 is 2.52 bits per heavy atom. The van der Waals surface area contributed by atoms with Gasteiger partial charge in [-0.3, -0.25) is 9.89 Å². The van der Waals surface area contributed by atoms with E-state index in [2.05, 4.69) is 41.2 Å². The minimum Gasteiger partial charge on any atom is -0.379 e. The molecule has 1 saturated heterocycles. The zero-order chi connectivity index (χ0) is 19.9.